The van der Waals surface area contributed by atoms with Crippen molar-refractivity contribution in [3.63, 3.8) is 0 Å². The summed E-state index contributed by atoms with van der Waals surface area (Å²) in [6.07, 6.45) is 0. The normalized spacial score (nSPS) is 12.6. The lowest BCUT2D eigenvalue weighted by molar-refractivity contribution is -0.674. The molecule has 2 heterocycles. The zero-order valence-electron chi connectivity index (χ0n) is 17.9. The number of benzene rings is 2. The Labute approximate surface area is 180 Å². The highest BCUT2D eigenvalue weighted by atomic mass is 16.6. The smallest absolute Gasteiger partial charge is 0.338 e. The molecule has 8 heteroatoms. The van der Waals surface area contributed by atoms with Gasteiger partial charge in [-0.3, -0.25) is 4.79 Å². The zero-order valence-corrected chi connectivity index (χ0v) is 17.9. The number of amides is 1. The average molecular weight is 424 g/mol. The molecule has 1 aliphatic rings. The van der Waals surface area contributed by atoms with E-state index < -0.39 is 0 Å². The van der Waals surface area contributed by atoms with E-state index >= 15 is 0 Å². The van der Waals surface area contributed by atoms with E-state index in [9.17, 15) is 9.59 Å². The van der Waals surface area contributed by atoms with Gasteiger partial charge < -0.3 is 19.5 Å². The highest BCUT2D eigenvalue weighted by Gasteiger charge is 2.24. The van der Waals surface area contributed by atoms with Crippen LogP contribution in [0.3, 0.4) is 0 Å². The van der Waals surface area contributed by atoms with Crippen LogP contribution in [-0.2, 0) is 22.6 Å². The SMILES string of the molecule is CCOC(=O)c1ccc2c(c1)n(CC(=O)Nc1ccc3c(c1)OCCO3)c(C)[n+]2CC. The van der Waals surface area contributed by atoms with Crippen LogP contribution in [0.4, 0.5) is 5.69 Å². The van der Waals surface area contributed by atoms with Crippen LogP contribution in [0, 0.1) is 6.92 Å². The van der Waals surface area contributed by atoms with Crippen molar-refractivity contribution in [1.29, 1.82) is 0 Å². The third-order valence-electron chi connectivity index (χ3n) is 5.29. The van der Waals surface area contributed by atoms with Crippen molar-refractivity contribution in [2.45, 2.75) is 33.9 Å². The lowest BCUT2D eigenvalue weighted by Gasteiger charge is -2.18. The van der Waals surface area contributed by atoms with Gasteiger partial charge in [0.15, 0.2) is 29.1 Å². The van der Waals surface area contributed by atoms with Crippen LogP contribution < -0.4 is 19.4 Å². The van der Waals surface area contributed by atoms with E-state index in [-0.39, 0.29) is 18.4 Å². The van der Waals surface area contributed by atoms with Crippen LogP contribution >= 0.6 is 0 Å². The fourth-order valence-electron chi connectivity index (χ4n) is 3.87. The minimum atomic E-state index is -0.376. The van der Waals surface area contributed by atoms with E-state index in [1.165, 1.54) is 0 Å². The lowest BCUT2D eigenvalue weighted by Crippen LogP contribution is -2.35. The molecule has 1 aliphatic heterocycles. The standard InChI is InChI=1S/C23H25N3O5/c1-4-25-15(3)26(19-12-16(6-8-18(19)25)23(28)29-5-2)14-22(27)24-17-7-9-20-21(13-17)31-11-10-30-20/h6-9,12-13H,4-5,10-11,14H2,1-3H3/p+1. The van der Waals surface area contributed by atoms with Gasteiger partial charge in [0.25, 0.3) is 11.7 Å². The van der Waals surface area contributed by atoms with Crippen molar-refractivity contribution < 1.29 is 28.4 Å². The molecular formula is C23H26N3O5+. The van der Waals surface area contributed by atoms with Crippen molar-refractivity contribution >= 4 is 28.6 Å². The Morgan fingerprint density at radius 2 is 1.87 bits per heavy atom. The lowest BCUT2D eigenvalue weighted by atomic mass is 10.2. The van der Waals surface area contributed by atoms with Gasteiger partial charge in [-0.05, 0) is 38.1 Å². The highest BCUT2D eigenvalue weighted by molar-refractivity contribution is 5.94. The largest absolute Gasteiger partial charge is 0.486 e. The summed E-state index contributed by atoms with van der Waals surface area (Å²) in [6.45, 7) is 7.95. The summed E-state index contributed by atoms with van der Waals surface area (Å²) in [4.78, 5) is 25.1. The van der Waals surface area contributed by atoms with E-state index in [0.717, 1.165) is 23.4 Å². The molecule has 2 aromatic carbocycles. The van der Waals surface area contributed by atoms with Gasteiger partial charge in [-0.1, -0.05) is 0 Å². The van der Waals surface area contributed by atoms with Crippen LogP contribution in [0.15, 0.2) is 36.4 Å². The number of anilines is 1. The fraction of sp³-hybridized carbons (Fsp3) is 0.348. The van der Waals surface area contributed by atoms with E-state index in [2.05, 4.69) is 9.88 Å². The summed E-state index contributed by atoms with van der Waals surface area (Å²) >= 11 is 0. The Hall–Kier alpha value is -3.55. The Balaban J connectivity index is 1.62. The molecule has 162 valence electrons. The number of carbonyl (C=O) groups is 2. The van der Waals surface area contributed by atoms with Gasteiger partial charge in [0, 0.05) is 24.7 Å². The number of nitrogens with zero attached hydrogens (tertiary/aromatic N) is 2. The molecule has 0 unspecified atom stereocenters. The third-order valence-corrected chi connectivity index (χ3v) is 5.29. The third kappa shape index (κ3) is 4.05. The minimum absolute atomic E-state index is 0.107. The second-order valence-electron chi connectivity index (χ2n) is 7.21. The van der Waals surface area contributed by atoms with Gasteiger partial charge >= 0.3 is 5.97 Å². The van der Waals surface area contributed by atoms with Crippen molar-refractivity contribution in [3.8, 4) is 11.5 Å². The molecule has 3 aromatic rings. The van der Waals surface area contributed by atoms with Crippen LogP contribution in [0.1, 0.15) is 30.0 Å². The first-order chi connectivity index (χ1) is 15.0. The molecule has 4 rings (SSSR count). The number of hydrogen-bond donors (Lipinski definition) is 1. The molecule has 0 saturated heterocycles. The molecule has 1 N–H and O–H groups in total. The summed E-state index contributed by atoms with van der Waals surface area (Å²) in [5.74, 6) is 1.66. The number of rotatable bonds is 6. The maximum atomic E-state index is 12.9. The zero-order chi connectivity index (χ0) is 22.0. The second-order valence-corrected chi connectivity index (χ2v) is 7.21. The van der Waals surface area contributed by atoms with Crippen LogP contribution in [-0.4, -0.2) is 36.3 Å². The summed E-state index contributed by atoms with van der Waals surface area (Å²) in [5, 5.41) is 2.92. The molecule has 8 nitrogen and oxygen atoms in total. The number of ether oxygens (including phenoxy) is 3. The topological polar surface area (TPSA) is 82.7 Å². The number of esters is 1. The molecule has 0 fully saturated rings. The van der Waals surface area contributed by atoms with Crippen LogP contribution in [0.5, 0.6) is 11.5 Å². The number of aromatic nitrogens is 2. The van der Waals surface area contributed by atoms with Gasteiger partial charge in [0.05, 0.1) is 18.7 Å². The summed E-state index contributed by atoms with van der Waals surface area (Å²) in [7, 11) is 0. The van der Waals surface area contributed by atoms with Gasteiger partial charge in [-0.25, -0.2) is 13.9 Å². The minimum Gasteiger partial charge on any atom is -0.486 e. The first-order valence-electron chi connectivity index (χ1n) is 10.4. The number of carbonyl (C=O) groups excluding carboxylic acids is 2. The maximum absolute atomic E-state index is 12.9. The van der Waals surface area contributed by atoms with Crippen molar-refractivity contribution in [2.75, 3.05) is 25.1 Å². The van der Waals surface area contributed by atoms with Gasteiger partial charge in [-0.15, -0.1) is 0 Å². The Kier molecular flexibility index (Phi) is 5.79. The molecule has 0 spiro atoms. The highest BCUT2D eigenvalue weighted by Crippen LogP contribution is 2.32. The first kappa shape index (κ1) is 20.7. The van der Waals surface area contributed by atoms with Gasteiger partial charge in [-0.2, -0.15) is 0 Å². The summed E-state index contributed by atoms with van der Waals surface area (Å²) in [5.41, 5.74) is 2.87. The summed E-state index contributed by atoms with van der Waals surface area (Å²) < 4.78 is 20.3. The van der Waals surface area contributed by atoms with Crippen molar-refractivity contribution in [2.24, 2.45) is 0 Å². The van der Waals surface area contributed by atoms with Crippen LogP contribution in [0.25, 0.3) is 11.0 Å². The Morgan fingerprint density at radius 1 is 1.10 bits per heavy atom. The number of nitrogens with one attached hydrogen (secondary N) is 1. The van der Waals surface area contributed by atoms with Gasteiger partial charge in [0.2, 0.25) is 0 Å². The first-order valence-corrected chi connectivity index (χ1v) is 10.4. The molecular weight excluding hydrogens is 398 g/mol. The van der Waals surface area contributed by atoms with E-state index in [4.69, 9.17) is 14.2 Å². The molecule has 0 radical (unpaired) electrons. The van der Waals surface area contributed by atoms with Crippen LogP contribution in [0.2, 0.25) is 0 Å². The number of hydrogen-bond acceptors (Lipinski definition) is 5. The van der Waals surface area contributed by atoms with E-state index in [0.29, 0.717) is 42.6 Å². The molecule has 1 amide bonds. The average Bonchev–Trinajstić information content (AvgIpc) is 3.03. The number of fused-ring (bicyclic) bond motifs is 2. The van der Waals surface area contributed by atoms with Gasteiger partial charge in [0.1, 0.15) is 13.2 Å². The molecule has 0 saturated carbocycles. The quantitative estimate of drug-likeness (QED) is 0.486. The van der Waals surface area contributed by atoms with E-state index in [1.807, 2.05) is 24.5 Å². The van der Waals surface area contributed by atoms with Crippen molar-refractivity contribution in [3.05, 3.63) is 47.8 Å². The molecule has 31 heavy (non-hydrogen) atoms. The Morgan fingerprint density at radius 3 is 2.61 bits per heavy atom. The van der Waals surface area contributed by atoms with Crippen molar-refractivity contribution in [1.82, 2.24) is 4.57 Å². The number of imidazole rings is 1. The summed E-state index contributed by atoms with van der Waals surface area (Å²) in [6, 6.07) is 10.8. The second kappa shape index (κ2) is 8.67. The molecule has 0 bridgehead atoms. The predicted molar refractivity (Wildman–Crippen MR) is 115 cm³/mol. The van der Waals surface area contributed by atoms with E-state index in [1.54, 1.807) is 37.3 Å². The Bertz CT molecular complexity index is 1150. The number of aryl methyl sites for hydroxylation is 1. The molecule has 1 aromatic heterocycles. The molecule has 0 aliphatic carbocycles. The fourth-order valence-corrected chi connectivity index (χ4v) is 3.87. The molecule has 0 atom stereocenters. The maximum Gasteiger partial charge on any atom is 0.338 e. The predicted octanol–water partition coefficient (Wildman–Crippen LogP) is 2.84. The monoisotopic (exact) mass is 424 g/mol.